The van der Waals surface area contributed by atoms with Gasteiger partial charge in [0.1, 0.15) is 0 Å². The van der Waals surface area contributed by atoms with Gasteiger partial charge in [-0.3, -0.25) is 0 Å². The SMILES string of the molecule is Cc1cccc(C(O)(C(F)F)C(F)F)c1. The highest BCUT2D eigenvalue weighted by Crippen LogP contribution is 2.34. The Kier molecular flexibility index (Phi) is 3.34. The molecule has 1 aromatic carbocycles. The first-order chi connectivity index (χ1) is 6.89. The zero-order valence-corrected chi connectivity index (χ0v) is 7.92. The number of halogens is 4. The summed E-state index contributed by atoms with van der Waals surface area (Å²) in [4.78, 5) is 0. The molecule has 0 aliphatic carbocycles. The Morgan fingerprint density at radius 1 is 1.13 bits per heavy atom. The number of hydrogen-bond acceptors (Lipinski definition) is 1. The van der Waals surface area contributed by atoms with E-state index < -0.39 is 24.0 Å². The molecule has 1 N–H and O–H groups in total. The fourth-order valence-electron chi connectivity index (χ4n) is 1.24. The summed E-state index contributed by atoms with van der Waals surface area (Å²) in [5.74, 6) is 0. The third-order valence-corrected chi connectivity index (χ3v) is 2.15. The van der Waals surface area contributed by atoms with Crippen LogP contribution in [0.5, 0.6) is 0 Å². The molecule has 84 valence electrons. The van der Waals surface area contributed by atoms with Crippen molar-refractivity contribution in [2.45, 2.75) is 25.4 Å². The summed E-state index contributed by atoms with van der Waals surface area (Å²) in [7, 11) is 0. The van der Waals surface area contributed by atoms with Crippen molar-refractivity contribution in [3.63, 3.8) is 0 Å². The molecule has 0 heterocycles. The van der Waals surface area contributed by atoms with Crippen molar-refractivity contribution in [2.75, 3.05) is 0 Å². The topological polar surface area (TPSA) is 20.2 Å². The van der Waals surface area contributed by atoms with E-state index in [-0.39, 0.29) is 0 Å². The molecule has 5 heteroatoms. The lowest BCUT2D eigenvalue weighted by molar-refractivity contribution is -0.183. The molecule has 0 unspecified atom stereocenters. The number of aryl methyl sites for hydroxylation is 1. The van der Waals surface area contributed by atoms with E-state index in [9.17, 15) is 22.7 Å². The van der Waals surface area contributed by atoms with Crippen molar-refractivity contribution in [3.05, 3.63) is 35.4 Å². The summed E-state index contributed by atoms with van der Waals surface area (Å²) < 4.78 is 49.7. The summed E-state index contributed by atoms with van der Waals surface area (Å²) in [6.07, 6.45) is -7.06. The minimum absolute atomic E-state index is 0.465. The molecule has 0 bridgehead atoms. The maximum Gasteiger partial charge on any atom is 0.276 e. The van der Waals surface area contributed by atoms with Crippen LogP contribution in [0.1, 0.15) is 11.1 Å². The van der Waals surface area contributed by atoms with Crippen molar-refractivity contribution in [2.24, 2.45) is 0 Å². The molecule has 0 spiro atoms. The van der Waals surface area contributed by atoms with Crippen LogP contribution in [0.15, 0.2) is 24.3 Å². The van der Waals surface area contributed by atoms with Gasteiger partial charge in [0.05, 0.1) is 0 Å². The van der Waals surface area contributed by atoms with E-state index in [4.69, 9.17) is 0 Å². The highest BCUT2D eigenvalue weighted by molar-refractivity contribution is 5.28. The van der Waals surface area contributed by atoms with Gasteiger partial charge in [0.15, 0.2) is 0 Å². The molecule has 0 aromatic heterocycles. The van der Waals surface area contributed by atoms with E-state index >= 15 is 0 Å². The van der Waals surface area contributed by atoms with Crippen LogP contribution in [0.2, 0.25) is 0 Å². The van der Waals surface area contributed by atoms with Crippen molar-refractivity contribution >= 4 is 0 Å². The van der Waals surface area contributed by atoms with Crippen LogP contribution in [0, 0.1) is 6.92 Å². The van der Waals surface area contributed by atoms with Crippen LogP contribution in [-0.4, -0.2) is 18.0 Å². The van der Waals surface area contributed by atoms with Crippen LogP contribution < -0.4 is 0 Å². The first-order valence-electron chi connectivity index (χ1n) is 4.25. The van der Waals surface area contributed by atoms with Gasteiger partial charge in [0, 0.05) is 0 Å². The lowest BCUT2D eigenvalue weighted by Crippen LogP contribution is -2.41. The smallest absolute Gasteiger partial charge is 0.276 e. The molecule has 0 fully saturated rings. The molecule has 0 aliphatic heterocycles. The van der Waals surface area contributed by atoms with E-state index in [0.717, 1.165) is 12.1 Å². The second-order valence-corrected chi connectivity index (χ2v) is 3.30. The van der Waals surface area contributed by atoms with Crippen molar-refractivity contribution < 1.29 is 22.7 Å². The molecule has 1 rings (SSSR count). The van der Waals surface area contributed by atoms with Crippen molar-refractivity contribution in [1.82, 2.24) is 0 Å². The van der Waals surface area contributed by atoms with Gasteiger partial charge >= 0.3 is 0 Å². The van der Waals surface area contributed by atoms with Gasteiger partial charge in [-0.15, -0.1) is 0 Å². The van der Waals surface area contributed by atoms with Gasteiger partial charge in [-0.2, -0.15) is 0 Å². The van der Waals surface area contributed by atoms with Gasteiger partial charge in [0.2, 0.25) is 5.60 Å². The van der Waals surface area contributed by atoms with Crippen molar-refractivity contribution in [1.29, 1.82) is 0 Å². The summed E-state index contributed by atoms with van der Waals surface area (Å²) >= 11 is 0. The van der Waals surface area contributed by atoms with Crippen LogP contribution in [0.4, 0.5) is 17.6 Å². The van der Waals surface area contributed by atoms with Crippen LogP contribution >= 0.6 is 0 Å². The minimum Gasteiger partial charge on any atom is -0.374 e. The van der Waals surface area contributed by atoms with E-state index in [1.807, 2.05) is 0 Å². The van der Waals surface area contributed by atoms with Crippen molar-refractivity contribution in [3.8, 4) is 0 Å². The zero-order chi connectivity index (χ0) is 11.6. The lowest BCUT2D eigenvalue weighted by atomic mass is 9.93. The number of benzene rings is 1. The second kappa shape index (κ2) is 4.18. The predicted molar refractivity (Wildman–Crippen MR) is 47.1 cm³/mol. The zero-order valence-electron chi connectivity index (χ0n) is 7.92. The van der Waals surface area contributed by atoms with Crippen LogP contribution in [0.3, 0.4) is 0 Å². The first-order valence-corrected chi connectivity index (χ1v) is 4.25. The molecule has 0 saturated carbocycles. The van der Waals surface area contributed by atoms with Gasteiger partial charge in [-0.25, -0.2) is 17.6 Å². The minimum atomic E-state index is -3.53. The van der Waals surface area contributed by atoms with Crippen LogP contribution in [-0.2, 0) is 5.60 Å². The molecular weight excluding hydrogens is 212 g/mol. The lowest BCUT2D eigenvalue weighted by Gasteiger charge is -2.26. The fourth-order valence-corrected chi connectivity index (χ4v) is 1.24. The Morgan fingerprint density at radius 2 is 1.67 bits per heavy atom. The summed E-state index contributed by atoms with van der Waals surface area (Å²) in [5.41, 5.74) is -3.31. The normalized spacial score (nSPS) is 12.5. The third kappa shape index (κ3) is 2.12. The molecule has 15 heavy (non-hydrogen) atoms. The molecule has 1 aromatic rings. The third-order valence-electron chi connectivity index (χ3n) is 2.15. The molecule has 1 nitrogen and oxygen atoms in total. The van der Waals surface area contributed by atoms with Gasteiger partial charge in [-0.1, -0.05) is 29.8 Å². The van der Waals surface area contributed by atoms with E-state index in [0.29, 0.717) is 5.56 Å². The Morgan fingerprint density at radius 3 is 2.07 bits per heavy atom. The van der Waals surface area contributed by atoms with Gasteiger partial charge < -0.3 is 5.11 Å². The van der Waals surface area contributed by atoms with Crippen LogP contribution in [0.25, 0.3) is 0 Å². The molecule has 0 radical (unpaired) electrons. The molecule has 0 atom stereocenters. The fraction of sp³-hybridized carbons (Fsp3) is 0.400. The van der Waals surface area contributed by atoms with Gasteiger partial charge in [-0.05, 0) is 12.5 Å². The molecule has 0 aliphatic rings. The number of aliphatic hydroxyl groups is 1. The number of rotatable bonds is 3. The number of alkyl halides is 4. The summed E-state index contributed by atoms with van der Waals surface area (Å²) in [6, 6.07) is 5.10. The van der Waals surface area contributed by atoms with E-state index in [2.05, 4.69) is 0 Å². The standard InChI is InChI=1S/C10H10F4O/c1-6-3-2-4-7(5-6)10(15,8(11)12)9(13)14/h2-5,8-9,15H,1H3. The maximum absolute atomic E-state index is 12.4. The van der Waals surface area contributed by atoms with E-state index in [1.165, 1.54) is 6.07 Å². The largest absolute Gasteiger partial charge is 0.374 e. The quantitative estimate of drug-likeness (QED) is 0.779. The van der Waals surface area contributed by atoms with Gasteiger partial charge in [0.25, 0.3) is 12.9 Å². The Balaban J connectivity index is 3.21. The first kappa shape index (κ1) is 12.0. The Labute approximate surface area is 84.3 Å². The average Bonchev–Trinajstić information content (AvgIpc) is 2.15. The predicted octanol–water partition coefficient (Wildman–Crippen LogP) is 2.71. The summed E-state index contributed by atoms with van der Waals surface area (Å²) in [5, 5.41) is 9.26. The Bertz CT molecular complexity index is 330. The highest BCUT2D eigenvalue weighted by atomic mass is 19.3. The maximum atomic E-state index is 12.4. The molecule has 0 saturated heterocycles. The average molecular weight is 222 g/mol. The molecule has 0 amide bonds. The molecular formula is C10H10F4O. The highest BCUT2D eigenvalue weighted by Gasteiger charge is 2.48. The second-order valence-electron chi connectivity index (χ2n) is 3.30. The van der Waals surface area contributed by atoms with E-state index in [1.54, 1.807) is 13.0 Å². The number of hydrogen-bond donors (Lipinski definition) is 1. The monoisotopic (exact) mass is 222 g/mol. The summed E-state index contributed by atoms with van der Waals surface area (Å²) in [6.45, 7) is 1.57. The Hall–Kier alpha value is -1.10.